The predicted octanol–water partition coefficient (Wildman–Crippen LogP) is 4.54. The molecule has 2 aromatic carbocycles. The summed E-state index contributed by atoms with van der Waals surface area (Å²) in [6.07, 6.45) is 0.599. The van der Waals surface area contributed by atoms with Crippen molar-refractivity contribution in [3.8, 4) is 22.8 Å². The van der Waals surface area contributed by atoms with Gasteiger partial charge in [0.15, 0.2) is 11.5 Å². The zero-order valence-corrected chi connectivity index (χ0v) is 15.9. The Balaban J connectivity index is 1.39. The molecule has 2 heterocycles. The van der Waals surface area contributed by atoms with Crippen LogP contribution in [0.3, 0.4) is 0 Å². The molecule has 142 valence electrons. The fourth-order valence-electron chi connectivity index (χ4n) is 2.64. The number of hydrogen-bond acceptors (Lipinski definition) is 5. The van der Waals surface area contributed by atoms with Crippen LogP contribution in [0.5, 0.6) is 11.5 Å². The number of carbonyl (C=O) groups excluding carboxylic acids is 1. The highest BCUT2D eigenvalue weighted by Gasteiger charge is 2.27. The van der Waals surface area contributed by atoms with Crippen molar-refractivity contribution in [1.29, 1.82) is 0 Å². The van der Waals surface area contributed by atoms with Crippen LogP contribution in [-0.2, 0) is 4.79 Å². The Kier molecular flexibility index (Phi) is 5.23. The van der Waals surface area contributed by atoms with E-state index in [1.54, 1.807) is 48.5 Å². The summed E-state index contributed by atoms with van der Waals surface area (Å²) in [5.74, 6) is 1.69. The molecular weight excluding hydrogens is 403 g/mol. The van der Waals surface area contributed by atoms with E-state index in [2.05, 4.69) is 10.5 Å². The van der Waals surface area contributed by atoms with Crippen LogP contribution in [0.15, 0.2) is 64.1 Å². The van der Waals surface area contributed by atoms with Crippen LogP contribution in [0, 0.1) is 0 Å². The monoisotopic (exact) mass is 416 g/mol. The summed E-state index contributed by atoms with van der Waals surface area (Å²) >= 11 is 12.2. The maximum Gasteiger partial charge on any atom is 0.284 e. The van der Waals surface area contributed by atoms with Crippen molar-refractivity contribution < 1.29 is 18.7 Å². The highest BCUT2D eigenvalue weighted by atomic mass is 35.5. The van der Waals surface area contributed by atoms with Gasteiger partial charge in [0, 0.05) is 5.56 Å². The summed E-state index contributed by atoms with van der Waals surface area (Å²) in [6, 6.07) is 15.9. The van der Waals surface area contributed by atoms with Gasteiger partial charge in [-0.25, -0.2) is 5.43 Å². The van der Waals surface area contributed by atoms with Crippen LogP contribution in [0.4, 0.5) is 0 Å². The van der Waals surface area contributed by atoms with Crippen LogP contribution in [-0.4, -0.2) is 24.8 Å². The van der Waals surface area contributed by atoms with E-state index in [9.17, 15) is 4.79 Å². The number of carbonyl (C=O) groups is 1. The minimum Gasteiger partial charge on any atom is -0.485 e. The second-order valence-corrected chi connectivity index (χ2v) is 6.69. The summed E-state index contributed by atoms with van der Waals surface area (Å²) in [4.78, 5) is 12.2. The van der Waals surface area contributed by atoms with E-state index in [-0.39, 0.29) is 6.61 Å². The highest BCUT2D eigenvalue weighted by Crippen LogP contribution is 2.34. The Bertz CT molecular complexity index is 1050. The molecule has 0 saturated carbocycles. The third kappa shape index (κ3) is 3.83. The molecule has 1 N–H and O–H groups in total. The predicted molar refractivity (Wildman–Crippen MR) is 106 cm³/mol. The molecule has 1 atom stereocenters. The van der Waals surface area contributed by atoms with E-state index in [1.165, 1.54) is 6.21 Å². The molecular formula is C20H14Cl2N2O4. The number of ether oxygens (including phenoxy) is 2. The summed E-state index contributed by atoms with van der Waals surface area (Å²) in [6.45, 7) is 0.108. The molecule has 0 saturated heterocycles. The number of nitrogens with zero attached hydrogens (tertiary/aromatic N) is 1. The van der Waals surface area contributed by atoms with Gasteiger partial charge in [-0.3, -0.25) is 4.79 Å². The van der Waals surface area contributed by atoms with Crippen molar-refractivity contribution in [1.82, 2.24) is 5.43 Å². The third-order valence-corrected chi connectivity index (χ3v) is 4.83. The first kappa shape index (κ1) is 18.4. The molecule has 1 amide bonds. The lowest BCUT2D eigenvalue weighted by atomic mass is 10.2. The van der Waals surface area contributed by atoms with Gasteiger partial charge in [0.05, 0.1) is 16.3 Å². The average Bonchev–Trinajstić information content (AvgIpc) is 3.18. The molecule has 0 bridgehead atoms. The van der Waals surface area contributed by atoms with Crippen LogP contribution < -0.4 is 14.9 Å². The molecule has 0 radical (unpaired) electrons. The van der Waals surface area contributed by atoms with E-state index >= 15 is 0 Å². The van der Waals surface area contributed by atoms with E-state index in [0.717, 1.165) is 0 Å². The molecule has 0 fully saturated rings. The largest absolute Gasteiger partial charge is 0.485 e. The number of halogens is 2. The quantitative estimate of drug-likeness (QED) is 0.500. The van der Waals surface area contributed by atoms with Crippen molar-refractivity contribution >= 4 is 35.3 Å². The van der Waals surface area contributed by atoms with Crippen molar-refractivity contribution in [2.45, 2.75) is 6.10 Å². The fourth-order valence-corrected chi connectivity index (χ4v) is 3.03. The minimum atomic E-state index is -0.788. The van der Waals surface area contributed by atoms with Crippen molar-refractivity contribution in [2.75, 3.05) is 6.61 Å². The molecule has 1 aromatic heterocycles. The highest BCUT2D eigenvalue weighted by molar-refractivity contribution is 6.43. The van der Waals surface area contributed by atoms with Gasteiger partial charge in [-0.1, -0.05) is 41.4 Å². The molecule has 0 spiro atoms. The Morgan fingerprint density at radius 1 is 1.07 bits per heavy atom. The average molecular weight is 417 g/mol. The maximum absolute atomic E-state index is 12.2. The summed E-state index contributed by atoms with van der Waals surface area (Å²) in [5.41, 5.74) is 3.09. The second kappa shape index (κ2) is 7.96. The van der Waals surface area contributed by atoms with Crippen LogP contribution in [0.2, 0.25) is 10.0 Å². The molecule has 4 rings (SSSR count). The van der Waals surface area contributed by atoms with Gasteiger partial charge in [-0.15, -0.1) is 0 Å². The normalized spacial score (nSPS) is 15.6. The number of furan rings is 1. The molecule has 3 aromatic rings. The van der Waals surface area contributed by atoms with Crippen molar-refractivity contribution in [3.05, 3.63) is 70.4 Å². The second-order valence-electron chi connectivity index (χ2n) is 5.90. The number of nitrogens with one attached hydrogen (secondary N) is 1. The van der Waals surface area contributed by atoms with E-state index in [4.69, 9.17) is 37.1 Å². The number of hydrazone groups is 1. The van der Waals surface area contributed by atoms with Gasteiger partial charge in [0.1, 0.15) is 18.1 Å². The smallest absolute Gasteiger partial charge is 0.284 e. The van der Waals surface area contributed by atoms with Crippen molar-refractivity contribution in [2.24, 2.45) is 5.10 Å². The molecule has 8 heteroatoms. The van der Waals surface area contributed by atoms with Gasteiger partial charge >= 0.3 is 0 Å². The Hall–Kier alpha value is -2.96. The van der Waals surface area contributed by atoms with Gasteiger partial charge in [0.2, 0.25) is 6.10 Å². The molecule has 28 heavy (non-hydrogen) atoms. The van der Waals surface area contributed by atoms with Crippen molar-refractivity contribution in [3.63, 3.8) is 0 Å². The van der Waals surface area contributed by atoms with Gasteiger partial charge in [0.25, 0.3) is 5.91 Å². The van der Waals surface area contributed by atoms with Crippen LogP contribution in [0.1, 0.15) is 5.76 Å². The summed E-state index contributed by atoms with van der Waals surface area (Å²) < 4.78 is 16.8. The third-order valence-electron chi connectivity index (χ3n) is 4.01. The van der Waals surface area contributed by atoms with Gasteiger partial charge in [-0.2, -0.15) is 5.10 Å². The fraction of sp³-hybridized carbons (Fsp3) is 0.100. The number of benzene rings is 2. The first-order valence-corrected chi connectivity index (χ1v) is 9.13. The lowest BCUT2D eigenvalue weighted by molar-refractivity contribution is -0.130. The zero-order chi connectivity index (χ0) is 19.5. The number of para-hydroxylation sites is 2. The molecule has 0 unspecified atom stereocenters. The van der Waals surface area contributed by atoms with Gasteiger partial charge < -0.3 is 13.9 Å². The SMILES string of the molecule is O=C(N/N=C/c1ccc(-c2cccc(Cl)c2Cl)o1)[C@H]1COc2ccccc2O1. The zero-order valence-electron chi connectivity index (χ0n) is 14.4. The van der Waals surface area contributed by atoms with E-state index < -0.39 is 12.0 Å². The number of fused-ring (bicyclic) bond motifs is 1. The standard InChI is InChI=1S/C20H14Cl2N2O4/c21-14-5-3-4-13(19(14)22)15-9-8-12(27-15)10-23-24-20(25)18-11-26-16-6-1-2-7-17(16)28-18/h1-10,18H,11H2,(H,24,25)/b23-10+/t18-/m1/s1. The van der Waals surface area contributed by atoms with Gasteiger partial charge in [-0.05, 0) is 36.4 Å². The molecule has 1 aliphatic rings. The Morgan fingerprint density at radius 2 is 1.89 bits per heavy atom. The molecule has 6 nitrogen and oxygen atoms in total. The maximum atomic E-state index is 12.2. The topological polar surface area (TPSA) is 73.1 Å². The minimum absolute atomic E-state index is 0.108. The van der Waals surface area contributed by atoms with E-state index in [1.807, 2.05) is 6.07 Å². The lowest BCUT2D eigenvalue weighted by Gasteiger charge is -2.24. The Labute approximate surface area is 170 Å². The number of rotatable bonds is 4. The number of amides is 1. The summed E-state index contributed by atoms with van der Waals surface area (Å²) in [7, 11) is 0. The Morgan fingerprint density at radius 3 is 2.75 bits per heavy atom. The lowest BCUT2D eigenvalue weighted by Crippen LogP contribution is -2.42. The number of hydrogen-bond donors (Lipinski definition) is 1. The van der Waals surface area contributed by atoms with Crippen LogP contribution >= 0.6 is 23.2 Å². The van der Waals surface area contributed by atoms with Crippen LogP contribution in [0.25, 0.3) is 11.3 Å². The molecule has 1 aliphatic heterocycles. The molecule has 0 aliphatic carbocycles. The summed E-state index contributed by atoms with van der Waals surface area (Å²) in [5, 5.41) is 4.75. The van der Waals surface area contributed by atoms with E-state index in [0.29, 0.717) is 38.6 Å². The first-order chi connectivity index (χ1) is 13.6. The first-order valence-electron chi connectivity index (χ1n) is 8.37.